The van der Waals surface area contributed by atoms with Crippen molar-refractivity contribution in [1.82, 2.24) is 9.80 Å². The molecule has 0 aliphatic carbocycles. The van der Waals surface area contributed by atoms with Gasteiger partial charge in [0, 0.05) is 32.1 Å². The van der Waals surface area contributed by atoms with Crippen molar-refractivity contribution in [2.75, 3.05) is 32.7 Å². The Morgan fingerprint density at radius 1 is 1.29 bits per heavy atom. The van der Waals surface area contributed by atoms with Crippen molar-refractivity contribution in [1.29, 1.82) is 0 Å². The maximum absolute atomic E-state index is 12.1. The van der Waals surface area contributed by atoms with Crippen molar-refractivity contribution < 1.29 is 4.79 Å². The Hall–Kier alpha value is -0.610. The molecule has 2 aliphatic rings. The fraction of sp³-hybridized carbons (Fsp3) is 0.923. The first-order valence-electron chi connectivity index (χ1n) is 6.91. The summed E-state index contributed by atoms with van der Waals surface area (Å²) in [6.07, 6.45) is 4.30. The summed E-state index contributed by atoms with van der Waals surface area (Å²) in [7, 11) is 0. The molecule has 2 fully saturated rings. The second-order valence-corrected chi connectivity index (χ2v) is 5.70. The molecule has 0 saturated carbocycles. The molecule has 2 unspecified atom stereocenters. The van der Waals surface area contributed by atoms with Gasteiger partial charge in [-0.15, -0.1) is 0 Å². The fourth-order valence-electron chi connectivity index (χ4n) is 3.02. The fourth-order valence-corrected chi connectivity index (χ4v) is 3.02. The van der Waals surface area contributed by atoms with Crippen molar-refractivity contribution in [2.45, 2.75) is 38.6 Å². The molecule has 4 heteroatoms. The molecule has 1 amide bonds. The monoisotopic (exact) mass is 239 g/mol. The van der Waals surface area contributed by atoms with Gasteiger partial charge >= 0.3 is 0 Å². The molecule has 2 saturated heterocycles. The van der Waals surface area contributed by atoms with E-state index in [1.165, 1.54) is 25.9 Å². The molecule has 0 aromatic heterocycles. The minimum Gasteiger partial charge on any atom is -0.341 e. The van der Waals surface area contributed by atoms with Crippen LogP contribution in [0.1, 0.15) is 32.6 Å². The molecule has 0 aromatic rings. The third kappa shape index (κ3) is 3.68. The normalized spacial score (nSPS) is 30.8. The molecule has 2 aliphatic heterocycles. The van der Waals surface area contributed by atoms with Crippen LogP contribution >= 0.6 is 0 Å². The van der Waals surface area contributed by atoms with Crippen LogP contribution in [0, 0.1) is 5.92 Å². The van der Waals surface area contributed by atoms with Crippen LogP contribution in [0.15, 0.2) is 0 Å². The number of hydrogen-bond donors (Lipinski definition) is 1. The quantitative estimate of drug-likeness (QED) is 0.787. The van der Waals surface area contributed by atoms with Crippen molar-refractivity contribution >= 4 is 5.91 Å². The highest BCUT2D eigenvalue weighted by Crippen LogP contribution is 2.16. The van der Waals surface area contributed by atoms with E-state index in [0.717, 1.165) is 26.1 Å². The maximum atomic E-state index is 12.1. The number of nitrogens with two attached hydrogens (primary N) is 1. The lowest BCUT2D eigenvalue weighted by Gasteiger charge is -2.35. The molecule has 0 bridgehead atoms. The van der Waals surface area contributed by atoms with Crippen LogP contribution in [0.3, 0.4) is 0 Å². The Morgan fingerprint density at radius 3 is 2.65 bits per heavy atom. The van der Waals surface area contributed by atoms with E-state index in [0.29, 0.717) is 18.2 Å². The summed E-state index contributed by atoms with van der Waals surface area (Å²) in [6, 6.07) is 0.175. The van der Waals surface area contributed by atoms with E-state index in [-0.39, 0.29) is 6.04 Å². The number of likely N-dealkylation sites (tertiary alicyclic amines) is 2. The van der Waals surface area contributed by atoms with Crippen molar-refractivity contribution in [3.63, 3.8) is 0 Å². The molecule has 2 heterocycles. The number of rotatable bonds is 3. The highest BCUT2D eigenvalue weighted by molar-refractivity contribution is 5.76. The van der Waals surface area contributed by atoms with Gasteiger partial charge in [0.1, 0.15) is 0 Å². The van der Waals surface area contributed by atoms with Crippen molar-refractivity contribution in [2.24, 2.45) is 11.7 Å². The smallest absolute Gasteiger partial charge is 0.223 e. The number of hydrogen-bond acceptors (Lipinski definition) is 3. The van der Waals surface area contributed by atoms with Crippen molar-refractivity contribution in [3.8, 4) is 0 Å². The zero-order valence-corrected chi connectivity index (χ0v) is 10.9. The van der Waals surface area contributed by atoms with Crippen LogP contribution in [-0.4, -0.2) is 54.5 Å². The molecular weight excluding hydrogens is 214 g/mol. The number of carbonyl (C=O) groups is 1. The van der Waals surface area contributed by atoms with Crippen LogP contribution in [-0.2, 0) is 4.79 Å². The Balaban J connectivity index is 1.74. The average molecular weight is 239 g/mol. The summed E-state index contributed by atoms with van der Waals surface area (Å²) in [5, 5.41) is 0. The number of piperidine rings is 1. The Labute approximate surface area is 104 Å². The lowest BCUT2D eigenvalue weighted by atomic mass is 9.96. The molecule has 0 radical (unpaired) electrons. The van der Waals surface area contributed by atoms with Crippen LogP contribution in [0.25, 0.3) is 0 Å². The number of carbonyl (C=O) groups excluding carboxylic acids is 1. The average Bonchev–Trinajstić information content (AvgIpc) is 2.77. The van der Waals surface area contributed by atoms with E-state index in [4.69, 9.17) is 5.73 Å². The summed E-state index contributed by atoms with van der Waals surface area (Å²) in [4.78, 5) is 16.5. The van der Waals surface area contributed by atoms with E-state index in [9.17, 15) is 4.79 Å². The summed E-state index contributed by atoms with van der Waals surface area (Å²) in [5.41, 5.74) is 5.97. The number of nitrogens with zero attached hydrogens (tertiary/aromatic N) is 2. The SMILES string of the molecule is CC1CC(N)CN(C(=O)CCN2CCCC2)C1. The molecule has 2 rings (SSSR count). The zero-order valence-electron chi connectivity index (χ0n) is 10.9. The van der Waals surface area contributed by atoms with E-state index < -0.39 is 0 Å². The number of amides is 1. The van der Waals surface area contributed by atoms with Crippen LogP contribution < -0.4 is 5.73 Å². The van der Waals surface area contributed by atoms with Gasteiger partial charge in [-0.3, -0.25) is 4.79 Å². The predicted molar refractivity (Wildman–Crippen MR) is 68.6 cm³/mol. The molecule has 0 aromatic carbocycles. The van der Waals surface area contributed by atoms with Crippen LogP contribution in [0.4, 0.5) is 0 Å². The maximum Gasteiger partial charge on any atom is 0.223 e. The van der Waals surface area contributed by atoms with E-state index in [2.05, 4.69) is 11.8 Å². The molecule has 0 spiro atoms. The second-order valence-electron chi connectivity index (χ2n) is 5.70. The molecule has 2 atom stereocenters. The topological polar surface area (TPSA) is 49.6 Å². The van der Waals surface area contributed by atoms with Gasteiger partial charge in [0.15, 0.2) is 0 Å². The molecule has 98 valence electrons. The first-order chi connectivity index (χ1) is 8.15. The highest BCUT2D eigenvalue weighted by atomic mass is 16.2. The van der Waals surface area contributed by atoms with Gasteiger partial charge in [-0.2, -0.15) is 0 Å². The molecule has 17 heavy (non-hydrogen) atoms. The Bertz CT molecular complexity index is 253. The Morgan fingerprint density at radius 2 is 2.00 bits per heavy atom. The summed E-state index contributed by atoms with van der Waals surface area (Å²) in [5.74, 6) is 0.841. The van der Waals surface area contributed by atoms with Crippen molar-refractivity contribution in [3.05, 3.63) is 0 Å². The second kappa shape index (κ2) is 5.83. The van der Waals surface area contributed by atoms with Gasteiger partial charge in [0.05, 0.1) is 0 Å². The van der Waals surface area contributed by atoms with Crippen LogP contribution in [0.2, 0.25) is 0 Å². The standard InChI is InChI=1S/C13H25N3O/c1-11-8-12(14)10-16(9-11)13(17)4-7-15-5-2-3-6-15/h11-12H,2-10,14H2,1H3. The molecule has 2 N–H and O–H groups in total. The minimum atomic E-state index is 0.175. The van der Waals surface area contributed by atoms with Gasteiger partial charge in [-0.05, 0) is 38.3 Å². The summed E-state index contributed by atoms with van der Waals surface area (Å²) < 4.78 is 0. The molecular formula is C13H25N3O. The highest BCUT2D eigenvalue weighted by Gasteiger charge is 2.25. The van der Waals surface area contributed by atoms with Gasteiger partial charge in [-0.25, -0.2) is 0 Å². The summed E-state index contributed by atoms with van der Waals surface area (Å²) >= 11 is 0. The van der Waals surface area contributed by atoms with Gasteiger partial charge < -0.3 is 15.5 Å². The lowest BCUT2D eigenvalue weighted by molar-refractivity contribution is -0.133. The third-order valence-electron chi connectivity index (χ3n) is 3.89. The van der Waals surface area contributed by atoms with Crippen LogP contribution in [0.5, 0.6) is 0 Å². The third-order valence-corrected chi connectivity index (χ3v) is 3.89. The zero-order chi connectivity index (χ0) is 12.3. The lowest BCUT2D eigenvalue weighted by Crippen LogP contribution is -2.49. The van der Waals surface area contributed by atoms with Gasteiger partial charge in [0.25, 0.3) is 0 Å². The minimum absolute atomic E-state index is 0.175. The van der Waals surface area contributed by atoms with E-state index in [1.54, 1.807) is 0 Å². The first-order valence-corrected chi connectivity index (χ1v) is 6.91. The summed E-state index contributed by atoms with van der Waals surface area (Å²) in [6.45, 7) is 7.10. The van der Waals surface area contributed by atoms with E-state index in [1.807, 2.05) is 4.90 Å². The van der Waals surface area contributed by atoms with Gasteiger partial charge in [-0.1, -0.05) is 6.92 Å². The molecule has 4 nitrogen and oxygen atoms in total. The van der Waals surface area contributed by atoms with E-state index >= 15 is 0 Å². The predicted octanol–water partition coefficient (Wildman–Crippen LogP) is 0.668. The van der Waals surface area contributed by atoms with Gasteiger partial charge in [0.2, 0.25) is 5.91 Å². The Kier molecular flexibility index (Phi) is 4.40. The first kappa shape index (κ1) is 12.8. The largest absolute Gasteiger partial charge is 0.341 e.